The second-order valence-electron chi connectivity index (χ2n) is 6.94. The lowest BCUT2D eigenvalue weighted by Crippen LogP contribution is -2.66. The van der Waals surface area contributed by atoms with E-state index in [-0.39, 0.29) is 30.5 Å². The quantitative estimate of drug-likeness (QED) is 0.792. The van der Waals surface area contributed by atoms with Gasteiger partial charge in [-0.25, -0.2) is 0 Å². The molecular formula is C22H27N3O2. The summed E-state index contributed by atoms with van der Waals surface area (Å²) in [7, 11) is 0. The van der Waals surface area contributed by atoms with Gasteiger partial charge >= 0.3 is 0 Å². The Labute approximate surface area is 160 Å². The van der Waals surface area contributed by atoms with Crippen molar-refractivity contribution in [2.45, 2.75) is 38.4 Å². The van der Waals surface area contributed by atoms with Gasteiger partial charge in [-0.05, 0) is 30.2 Å². The van der Waals surface area contributed by atoms with Crippen LogP contribution >= 0.6 is 0 Å². The molecule has 0 spiro atoms. The number of aliphatic hydroxyl groups excluding tert-OH is 1. The monoisotopic (exact) mass is 365 g/mol. The molecule has 0 aliphatic carbocycles. The van der Waals surface area contributed by atoms with E-state index in [0.717, 1.165) is 11.3 Å². The molecule has 5 nitrogen and oxygen atoms in total. The molecule has 1 saturated heterocycles. The number of hydrogen-bond acceptors (Lipinski definition) is 4. The number of amides is 1. The number of likely N-dealkylation sites (tertiary alicyclic amines) is 1. The maximum Gasteiger partial charge on any atom is 0.216 e. The van der Waals surface area contributed by atoms with Gasteiger partial charge in [-0.15, -0.1) is 0 Å². The Morgan fingerprint density at radius 2 is 2.00 bits per heavy atom. The van der Waals surface area contributed by atoms with Crippen LogP contribution < -0.4 is 5.32 Å². The summed E-state index contributed by atoms with van der Waals surface area (Å²) in [6, 6.07) is 14.4. The summed E-state index contributed by atoms with van der Waals surface area (Å²) in [5, 5.41) is 13.0. The van der Waals surface area contributed by atoms with E-state index in [2.05, 4.69) is 45.5 Å². The molecule has 1 aliphatic heterocycles. The van der Waals surface area contributed by atoms with Crippen molar-refractivity contribution in [3.05, 3.63) is 71.6 Å². The molecule has 1 aliphatic rings. The van der Waals surface area contributed by atoms with Gasteiger partial charge in [0.2, 0.25) is 5.91 Å². The van der Waals surface area contributed by atoms with Crippen LogP contribution in [-0.4, -0.2) is 46.1 Å². The minimum absolute atomic E-state index is 0.0123. The van der Waals surface area contributed by atoms with Crippen molar-refractivity contribution in [1.82, 2.24) is 15.2 Å². The molecule has 1 aromatic heterocycles. The third-order valence-electron chi connectivity index (χ3n) is 5.18. The Hall–Kier alpha value is -2.50. The summed E-state index contributed by atoms with van der Waals surface area (Å²) in [6.07, 6.45) is 5.86. The van der Waals surface area contributed by atoms with Crippen LogP contribution in [0.15, 0.2) is 54.7 Å². The summed E-state index contributed by atoms with van der Waals surface area (Å²) in [5.41, 5.74) is 3.31. The second-order valence-corrected chi connectivity index (χ2v) is 6.94. The minimum Gasteiger partial charge on any atom is -0.395 e. The number of aliphatic hydroxyl groups is 1. The van der Waals surface area contributed by atoms with Gasteiger partial charge in [0.25, 0.3) is 0 Å². The van der Waals surface area contributed by atoms with E-state index in [4.69, 9.17) is 0 Å². The van der Waals surface area contributed by atoms with Crippen molar-refractivity contribution >= 4 is 12.0 Å². The first-order chi connectivity index (χ1) is 13.1. The van der Waals surface area contributed by atoms with Gasteiger partial charge in [0.05, 0.1) is 12.3 Å². The van der Waals surface area contributed by atoms with Gasteiger partial charge in [-0.1, -0.05) is 42.5 Å². The molecule has 2 aromatic rings. The van der Waals surface area contributed by atoms with Gasteiger partial charge in [-0.2, -0.15) is 0 Å². The Bertz CT molecular complexity index is 774. The highest BCUT2D eigenvalue weighted by Gasteiger charge is 2.48. The second kappa shape index (κ2) is 8.93. The Kier molecular flexibility index (Phi) is 6.37. The number of carbonyl (C=O) groups excluding carboxylic acids is 1. The van der Waals surface area contributed by atoms with E-state index >= 15 is 0 Å². The fraction of sp³-hybridized carbons (Fsp3) is 0.364. The number of allylic oxidation sites excluding steroid dienone is 1. The zero-order chi connectivity index (χ0) is 19.2. The predicted octanol–water partition coefficient (Wildman–Crippen LogP) is 2.58. The number of nitrogens with one attached hydrogen (secondary N) is 1. The fourth-order valence-electron chi connectivity index (χ4n) is 3.90. The molecule has 0 radical (unpaired) electrons. The van der Waals surface area contributed by atoms with Crippen molar-refractivity contribution < 1.29 is 9.90 Å². The van der Waals surface area contributed by atoms with Crippen molar-refractivity contribution in [1.29, 1.82) is 0 Å². The first kappa shape index (κ1) is 19.3. The summed E-state index contributed by atoms with van der Waals surface area (Å²) < 4.78 is 0. The van der Waals surface area contributed by atoms with Crippen molar-refractivity contribution in [3.8, 4) is 0 Å². The molecule has 2 N–H and O–H groups in total. The van der Waals surface area contributed by atoms with E-state index in [1.807, 2.05) is 31.2 Å². The van der Waals surface area contributed by atoms with Crippen LogP contribution in [0.4, 0.5) is 0 Å². The van der Waals surface area contributed by atoms with Crippen molar-refractivity contribution in [2.24, 2.45) is 0 Å². The van der Waals surface area contributed by atoms with Crippen molar-refractivity contribution in [2.75, 3.05) is 13.2 Å². The summed E-state index contributed by atoms with van der Waals surface area (Å²) in [5.74, 6) is 0.132. The van der Waals surface area contributed by atoms with Crippen LogP contribution in [0.2, 0.25) is 0 Å². The van der Waals surface area contributed by atoms with Crippen LogP contribution in [0.1, 0.15) is 36.6 Å². The van der Waals surface area contributed by atoms with Gasteiger partial charge in [0.15, 0.2) is 0 Å². The van der Waals surface area contributed by atoms with Crippen LogP contribution in [0.3, 0.4) is 0 Å². The summed E-state index contributed by atoms with van der Waals surface area (Å²) in [4.78, 5) is 18.1. The van der Waals surface area contributed by atoms with E-state index in [0.29, 0.717) is 13.1 Å². The van der Waals surface area contributed by atoms with E-state index in [1.54, 1.807) is 6.20 Å². The SMILES string of the molecule is C/C=C/c1ccc([C@@H]2[C@@H](CNC(C)=O)N(Cc3ccccn3)[C@H]2CO)cc1. The standard InChI is InChI=1S/C22H27N3O2/c1-3-6-17-8-10-18(11-9-17)22-20(13-24-16(2)27)25(21(22)15-26)14-19-7-4-5-12-23-19/h3-12,20-22,26H,13-15H2,1-2H3,(H,24,27)/b6-3+/t20-,21+,22-/m1/s1. The Balaban J connectivity index is 1.82. The molecule has 3 rings (SSSR count). The zero-order valence-corrected chi connectivity index (χ0v) is 15.9. The maximum absolute atomic E-state index is 11.5. The largest absolute Gasteiger partial charge is 0.395 e. The molecule has 142 valence electrons. The van der Waals surface area contributed by atoms with Gasteiger partial charge in [-0.3, -0.25) is 14.7 Å². The van der Waals surface area contributed by atoms with Gasteiger partial charge in [0, 0.05) is 44.2 Å². The number of carbonyl (C=O) groups is 1. The lowest BCUT2D eigenvalue weighted by molar-refractivity contribution is -0.120. The number of aromatic nitrogens is 1. The molecule has 2 heterocycles. The molecule has 1 amide bonds. The number of hydrogen-bond donors (Lipinski definition) is 2. The van der Waals surface area contributed by atoms with Crippen LogP contribution in [-0.2, 0) is 11.3 Å². The molecule has 3 atom stereocenters. The molecule has 0 bridgehead atoms. The Morgan fingerprint density at radius 1 is 1.22 bits per heavy atom. The number of rotatable bonds is 7. The first-order valence-corrected chi connectivity index (χ1v) is 9.37. The third-order valence-corrected chi connectivity index (χ3v) is 5.18. The Morgan fingerprint density at radius 3 is 2.59 bits per heavy atom. The van der Waals surface area contributed by atoms with Gasteiger partial charge < -0.3 is 10.4 Å². The fourth-order valence-corrected chi connectivity index (χ4v) is 3.90. The highest BCUT2D eigenvalue weighted by atomic mass is 16.3. The zero-order valence-electron chi connectivity index (χ0n) is 15.9. The number of benzene rings is 1. The molecule has 1 fully saturated rings. The van der Waals surface area contributed by atoms with Crippen LogP contribution in [0.25, 0.3) is 6.08 Å². The summed E-state index contributed by atoms with van der Waals surface area (Å²) in [6.45, 7) is 4.82. The van der Waals surface area contributed by atoms with Gasteiger partial charge in [0.1, 0.15) is 0 Å². The average Bonchev–Trinajstić information content (AvgIpc) is 2.67. The first-order valence-electron chi connectivity index (χ1n) is 9.37. The van der Waals surface area contributed by atoms with E-state index < -0.39 is 0 Å². The maximum atomic E-state index is 11.5. The average molecular weight is 365 g/mol. The van der Waals surface area contributed by atoms with E-state index in [9.17, 15) is 9.90 Å². The number of nitrogens with zero attached hydrogens (tertiary/aromatic N) is 2. The van der Waals surface area contributed by atoms with Crippen molar-refractivity contribution in [3.63, 3.8) is 0 Å². The summed E-state index contributed by atoms with van der Waals surface area (Å²) >= 11 is 0. The molecule has 5 heteroatoms. The highest BCUT2D eigenvalue weighted by Crippen LogP contribution is 2.41. The van der Waals surface area contributed by atoms with E-state index in [1.165, 1.54) is 12.5 Å². The lowest BCUT2D eigenvalue weighted by Gasteiger charge is -2.55. The molecule has 27 heavy (non-hydrogen) atoms. The lowest BCUT2D eigenvalue weighted by atomic mass is 9.74. The smallest absolute Gasteiger partial charge is 0.216 e. The molecule has 0 unspecified atom stereocenters. The molecule has 1 aromatic carbocycles. The number of pyridine rings is 1. The normalized spacial score (nSPS) is 22.6. The highest BCUT2D eigenvalue weighted by molar-refractivity contribution is 5.72. The van der Waals surface area contributed by atoms with Crippen LogP contribution in [0.5, 0.6) is 0 Å². The predicted molar refractivity (Wildman–Crippen MR) is 107 cm³/mol. The topological polar surface area (TPSA) is 65.5 Å². The molecule has 0 saturated carbocycles. The van der Waals surface area contributed by atoms with Crippen LogP contribution in [0, 0.1) is 0 Å². The third kappa shape index (κ3) is 4.43. The molecular weight excluding hydrogens is 338 g/mol. The minimum atomic E-state index is -0.0394.